The van der Waals surface area contributed by atoms with Crippen LogP contribution in [0.3, 0.4) is 0 Å². The van der Waals surface area contributed by atoms with Gasteiger partial charge in [0.15, 0.2) is 0 Å². The topological polar surface area (TPSA) is 40.6 Å². The highest BCUT2D eigenvalue weighted by Gasteiger charge is 2.42. The molecular formula is C21H16BrClN2O2S2. The Labute approximate surface area is 192 Å². The molecule has 0 aliphatic carbocycles. The van der Waals surface area contributed by atoms with Crippen LogP contribution in [0.25, 0.3) is 5.57 Å². The molecule has 0 unspecified atom stereocenters. The third-order valence-electron chi connectivity index (χ3n) is 4.79. The van der Waals surface area contributed by atoms with Gasteiger partial charge in [-0.1, -0.05) is 76.6 Å². The van der Waals surface area contributed by atoms with Crippen molar-refractivity contribution in [1.29, 1.82) is 0 Å². The number of anilines is 1. The number of halogens is 2. The molecule has 29 heavy (non-hydrogen) atoms. The SMILES string of the molecule is CCCN1C(=O)/C(=C2\SC(=S)N(Cc3ccccc3Cl)C2=O)c2cc(Br)ccc21. The minimum atomic E-state index is -0.257. The quantitative estimate of drug-likeness (QED) is 0.397. The fourth-order valence-corrected chi connectivity index (χ4v) is 5.33. The van der Waals surface area contributed by atoms with Gasteiger partial charge in [-0.25, -0.2) is 0 Å². The Hall–Kier alpha value is -1.67. The van der Waals surface area contributed by atoms with Crippen LogP contribution in [0.15, 0.2) is 51.8 Å². The molecular weight excluding hydrogens is 492 g/mol. The second-order valence-corrected chi connectivity index (χ2v) is 9.64. The van der Waals surface area contributed by atoms with Crippen LogP contribution in [0.1, 0.15) is 24.5 Å². The molecule has 2 aromatic carbocycles. The van der Waals surface area contributed by atoms with Crippen molar-refractivity contribution in [3.05, 3.63) is 68.0 Å². The highest BCUT2D eigenvalue weighted by atomic mass is 79.9. The molecule has 0 atom stereocenters. The Morgan fingerprint density at radius 3 is 2.59 bits per heavy atom. The summed E-state index contributed by atoms with van der Waals surface area (Å²) in [5.74, 6) is -0.411. The Bertz CT molecular complexity index is 1090. The number of hydrogen-bond donors (Lipinski definition) is 0. The molecule has 2 aliphatic rings. The summed E-state index contributed by atoms with van der Waals surface area (Å²) in [5.41, 5.74) is 2.82. The van der Waals surface area contributed by atoms with Gasteiger partial charge < -0.3 is 4.90 Å². The maximum atomic E-state index is 13.3. The lowest BCUT2D eigenvalue weighted by molar-refractivity contribution is -0.122. The summed E-state index contributed by atoms with van der Waals surface area (Å²) in [6.07, 6.45) is 0.821. The zero-order chi connectivity index (χ0) is 20.7. The molecule has 0 bridgehead atoms. The second-order valence-electron chi connectivity index (χ2n) is 6.67. The summed E-state index contributed by atoms with van der Waals surface area (Å²) in [6, 6.07) is 13.1. The average molecular weight is 508 g/mol. The first-order valence-electron chi connectivity index (χ1n) is 9.05. The zero-order valence-electron chi connectivity index (χ0n) is 15.4. The number of rotatable bonds is 4. The molecule has 0 aromatic heterocycles. The number of amides is 2. The number of carbonyl (C=O) groups is 2. The summed E-state index contributed by atoms with van der Waals surface area (Å²) in [6.45, 7) is 2.89. The molecule has 0 spiro atoms. The second kappa shape index (κ2) is 8.22. The molecule has 0 saturated carbocycles. The number of benzene rings is 2. The molecule has 4 rings (SSSR count). The molecule has 2 amide bonds. The number of fused-ring (bicyclic) bond motifs is 1. The summed E-state index contributed by atoms with van der Waals surface area (Å²) < 4.78 is 1.28. The van der Waals surface area contributed by atoms with Gasteiger partial charge in [0.1, 0.15) is 4.32 Å². The van der Waals surface area contributed by atoms with Gasteiger partial charge >= 0.3 is 0 Å². The Balaban J connectivity index is 1.77. The van der Waals surface area contributed by atoms with E-state index in [1.165, 1.54) is 16.7 Å². The number of thiocarbonyl (C=S) groups is 1. The van der Waals surface area contributed by atoms with Crippen LogP contribution in [0.2, 0.25) is 5.02 Å². The Kier molecular flexibility index (Phi) is 5.84. The molecule has 4 nitrogen and oxygen atoms in total. The smallest absolute Gasteiger partial charge is 0.267 e. The van der Waals surface area contributed by atoms with Crippen LogP contribution >= 0.6 is 51.5 Å². The number of nitrogens with zero attached hydrogens (tertiary/aromatic N) is 2. The van der Waals surface area contributed by atoms with Gasteiger partial charge in [0.2, 0.25) is 0 Å². The Morgan fingerprint density at radius 1 is 1.10 bits per heavy atom. The van der Waals surface area contributed by atoms with Crippen LogP contribution in [0, 0.1) is 0 Å². The van der Waals surface area contributed by atoms with Crippen LogP contribution in [-0.2, 0) is 16.1 Å². The van der Waals surface area contributed by atoms with Crippen molar-refractivity contribution in [3.63, 3.8) is 0 Å². The first-order chi connectivity index (χ1) is 13.9. The molecule has 0 N–H and O–H groups in total. The number of thioether (sulfide) groups is 1. The zero-order valence-corrected chi connectivity index (χ0v) is 19.4. The van der Waals surface area contributed by atoms with Gasteiger partial charge in [-0.05, 0) is 36.2 Å². The van der Waals surface area contributed by atoms with Crippen molar-refractivity contribution in [1.82, 2.24) is 4.90 Å². The minimum absolute atomic E-state index is 0.154. The molecule has 1 saturated heterocycles. The molecule has 0 radical (unpaired) electrons. The van der Waals surface area contributed by atoms with E-state index in [2.05, 4.69) is 15.9 Å². The first-order valence-corrected chi connectivity index (χ1v) is 11.4. The first kappa shape index (κ1) is 20.6. The summed E-state index contributed by atoms with van der Waals surface area (Å²) in [7, 11) is 0. The van der Waals surface area contributed by atoms with Crippen molar-refractivity contribution in [2.75, 3.05) is 11.4 Å². The van der Waals surface area contributed by atoms with Crippen molar-refractivity contribution in [2.45, 2.75) is 19.9 Å². The highest BCUT2D eigenvalue weighted by molar-refractivity contribution is 9.10. The average Bonchev–Trinajstić information content (AvgIpc) is 3.11. The largest absolute Gasteiger partial charge is 0.308 e. The van der Waals surface area contributed by atoms with E-state index in [0.29, 0.717) is 26.4 Å². The van der Waals surface area contributed by atoms with Crippen molar-refractivity contribution < 1.29 is 9.59 Å². The fourth-order valence-electron chi connectivity index (χ4n) is 3.45. The van der Waals surface area contributed by atoms with Gasteiger partial charge in [0.25, 0.3) is 11.8 Å². The van der Waals surface area contributed by atoms with E-state index >= 15 is 0 Å². The maximum Gasteiger partial charge on any atom is 0.267 e. The van der Waals surface area contributed by atoms with E-state index in [0.717, 1.165) is 27.7 Å². The van der Waals surface area contributed by atoms with Gasteiger partial charge in [0, 0.05) is 21.6 Å². The Morgan fingerprint density at radius 2 is 1.86 bits per heavy atom. The standard InChI is InChI=1S/C21H16BrClN2O2S2/c1-2-9-24-16-8-7-13(22)10-14(16)17(19(24)26)18-20(27)25(21(28)29-18)11-12-5-3-4-6-15(12)23/h3-8,10H,2,9,11H2,1H3/b18-17-. The van der Waals surface area contributed by atoms with Gasteiger partial charge in [-0.2, -0.15) is 0 Å². The lowest BCUT2D eigenvalue weighted by atomic mass is 10.1. The summed E-state index contributed by atoms with van der Waals surface area (Å²) in [4.78, 5) is 30.1. The van der Waals surface area contributed by atoms with E-state index in [9.17, 15) is 9.59 Å². The molecule has 1 fully saturated rings. The van der Waals surface area contributed by atoms with Crippen molar-refractivity contribution >= 4 is 78.9 Å². The van der Waals surface area contributed by atoms with Gasteiger partial charge in [-0.3, -0.25) is 14.5 Å². The normalized spacial score (nSPS) is 18.8. The minimum Gasteiger partial charge on any atom is -0.308 e. The van der Waals surface area contributed by atoms with Crippen molar-refractivity contribution in [2.24, 2.45) is 0 Å². The van der Waals surface area contributed by atoms with Crippen LogP contribution in [0.4, 0.5) is 5.69 Å². The fraction of sp³-hybridized carbons (Fsp3) is 0.190. The molecule has 148 valence electrons. The molecule has 2 heterocycles. The van der Waals surface area contributed by atoms with E-state index in [4.69, 9.17) is 23.8 Å². The lowest BCUT2D eigenvalue weighted by Crippen LogP contribution is -2.29. The van der Waals surface area contributed by atoms with Gasteiger partial charge in [-0.15, -0.1) is 0 Å². The van der Waals surface area contributed by atoms with Crippen LogP contribution < -0.4 is 4.90 Å². The third-order valence-corrected chi connectivity index (χ3v) is 7.10. The maximum absolute atomic E-state index is 13.3. The molecule has 2 aromatic rings. The monoisotopic (exact) mass is 506 g/mol. The highest BCUT2D eigenvalue weighted by Crippen LogP contribution is 2.45. The number of carbonyl (C=O) groups excluding carboxylic acids is 2. The predicted octanol–water partition coefficient (Wildman–Crippen LogP) is 5.63. The van der Waals surface area contributed by atoms with Crippen LogP contribution in [-0.4, -0.2) is 27.6 Å². The summed E-state index contributed by atoms with van der Waals surface area (Å²) >= 11 is 16.4. The van der Waals surface area contributed by atoms with E-state index in [1.54, 1.807) is 11.0 Å². The van der Waals surface area contributed by atoms with Crippen LogP contribution in [0.5, 0.6) is 0 Å². The molecule has 8 heteroatoms. The van der Waals surface area contributed by atoms with Gasteiger partial charge in [0.05, 0.1) is 22.7 Å². The van der Waals surface area contributed by atoms with E-state index < -0.39 is 0 Å². The number of hydrogen-bond acceptors (Lipinski definition) is 4. The third kappa shape index (κ3) is 3.65. The predicted molar refractivity (Wildman–Crippen MR) is 126 cm³/mol. The summed E-state index contributed by atoms with van der Waals surface area (Å²) in [5, 5.41) is 0.578. The van der Waals surface area contributed by atoms with Crippen molar-refractivity contribution in [3.8, 4) is 0 Å². The van der Waals surface area contributed by atoms with E-state index in [1.807, 2.05) is 43.3 Å². The molecule has 2 aliphatic heterocycles. The lowest BCUT2D eigenvalue weighted by Gasteiger charge is -2.16. The van der Waals surface area contributed by atoms with E-state index in [-0.39, 0.29) is 18.4 Å².